The Hall–Kier alpha value is -5.23. The Kier molecular flexibility index (Phi) is 7.11. The molecule has 0 spiro atoms. The minimum Gasteiger partial charge on any atom is -0.464 e. The number of carbonyl (C=O) groups is 3. The summed E-state index contributed by atoms with van der Waals surface area (Å²) in [7, 11) is 0. The largest absolute Gasteiger partial charge is 0.464 e. The molecule has 3 amide bonds. The maximum Gasteiger partial charge on any atom is 0.425 e. The number of hydrogen-bond acceptors (Lipinski definition) is 6. The highest BCUT2D eigenvalue weighted by atomic mass is 35.5. The molecule has 0 unspecified atom stereocenters. The molecule has 0 saturated heterocycles. The van der Waals surface area contributed by atoms with Crippen molar-refractivity contribution in [2.75, 3.05) is 5.43 Å². The van der Waals surface area contributed by atoms with E-state index in [0.717, 1.165) is 4.79 Å². The van der Waals surface area contributed by atoms with Gasteiger partial charge in [0.2, 0.25) is 0 Å². The Bertz CT molecular complexity index is 1500. The minimum absolute atomic E-state index is 0.0990. The van der Waals surface area contributed by atoms with Crippen molar-refractivity contribution in [3.8, 4) is 22.4 Å². The third-order valence-electron chi connectivity index (χ3n) is 5.09. The quantitative estimate of drug-likeness (QED) is 0.219. The van der Waals surface area contributed by atoms with Crippen molar-refractivity contribution in [2.24, 2.45) is 0 Å². The molecule has 4 aromatic rings. The summed E-state index contributed by atoms with van der Waals surface area (Å²) in [6.07, 6.45) is -1.52. The molecule has 0 aliphatic rings. The van der Waals surface area contributed by atoms with Crippen molar-refractivity contribution >= 4 is 35.2 Å². The second-order valence-corrected chi connectivity index (χ2v) is 7.93. The number of non-ortho nitro benzene ring substituents is 1. The lowest BCUT2D eigenvalue weighted by Gasteiger charge is -2.11. The molecule has 3 aromatic carbocycles. The molecule has 0 aliphatic carbocycles. The van der Waals surface area contributed by atoms with Crippen LogP contribution in [-0.2, 0) is 0 Å². The Balaban J connectivity index is 1.81. The van der Waals surface area contributed by atoms with Gasteiger partial charge in [0.1, 0.15) is 5.69 Å². The Morgan fingerprint density at radius 1 is 0.892 bits per heavy atom. The molecule has 0 aliphatic heterocycles. The van der Waals surface area contributed by atoms with Gasteiger partial charge in [-0.2, -0.15) is 9.89 Å². The van der Waals surface area contributed by atoms with Crippen molar-refractivity contribution < 1.29 is 24.4 Å². The van der Waals surface area contributed by atoms with E-state index in [1.807, 2.05) is 5.43 Å². The van der Waals surface area contributed by atoms with Crippen LogP contribution >= 0.6 is 11.6 Å². The Labute approximate surface area is 213 Å². The lowest BCUT2D eigenvalue weighted by molar-refractivity contribution is -0.384. The van der Waals surface area contributed by atoms with E-state index in [0.29, 0.717) is 10.6 Å². The topological polar surface area (TPSA) is 168 Å². The van der Waals surface area contributed by atoms with E-state index < -0.39 is 22.8 Å². The third-order valence-corrected chi connectivity index (χ3v) is 5.34. The molecule has 4 N–H and O–H groups in total. The van der Waals surface area contributed by atoms with Gasteiger partial charge < -0.3 is 5.11 Å². The summed E-state index contributed by atoms with van der Waals surface area (Å²) in [4.78, 5) is 48.8. The molecule has 13 heteroatoms. The normalized spacial score (nSPS) is 10.4. The zero-order chi connectivity index (χ0) is 26.5. The molecule has 1 heterocycles. The number of hydrazine groups is 1. The molecule has 4 rings (SSSR count). The summed E-state index contributed by atoms with van der Waals surface area (Å²) in [5.74, 6) is -1.60. The van der Waals surface area contributed by atoms with Gasteiger partial charge in [-0.3, -0.25) is 30.6 Å². The summed E-state index contributed by atoms with van der Waals surface area (Å²) in [5, 5.41) is 25.4. The molecule has 186 valence electrons. The standard InChI is InChI=1S/C24H17ClN6O6/c25-17-11-9-15(10-12-17)22(32)26-27-23(33)21-19(16-7-4-8-18(13-16)31(36)37)20(14-5-2-1-3-6-14)28-30(21)29-24(34)35/h1-13,29H,(H,26,32)(H,27,33)(H,34,35). The van der Waals surface area contributed by atoms with Gasteiger partial charge in [0.25, 0.3) is 17.5 Å². The smallest absolute Gasteiger partial charge is 0.425 e. The molecule has 0 atom stereocenters. The zero-order valence-electron chi connectivity index (χ0n) is 18.7. The number of nitrogens with zero attached hydrogens (tertiary/aromatic N) is 3. The molecule has 0 radical (unpaired) electrons. The van der Waals surface area contributed by atoms with Crippen LogP contribution in [0.3, 0.4) is 0 Å². The third kappa shape index (κ3) is 5.55. The summed E-state index contributed by atoms with van der Waals surface area (Å²) in [5.41, 5.74) is 7.13. The lowest BCUT2D eigenvalue weighted by atomic mass is 9.98. The lowest BCUT2D eigenvalue weighted by Crippen LogP contribution is -2.43. The van der Waals surface area contributed by atoms with Crippen LogP contribution in [0.1, 0.15) is 20.8 Å². The highest BCUT2D eigenvalue weighted by Crippen LogP contribution is 2.35. The summed E-state index contributed by atoms with van der Waals surface area (Å²) in [6, 6.07) is 19.9. The van der Waals surface area contributed by atoms with Crippen molar-refractivity contribution in [3.63, 3.8) is 0 Å². The van der Waals surface area contributed by atoms with E-state index in [4.69, 9.17) is 11.6 Å². The molecule has 0 fully saturated rings. The maximum atomic E-state index is 13.3. The van der Waals surface area contributed by atoms with E-state index in [2.05, 4.69) is 16.0 Å². The van der Waals surface area contributed by atoms with Crippen molar-refractivity contribution in [2.45, 2.75) is 0 Å². The van der Waals surface area contributed by atoms with E-state index in [9.17, 15) is 29.6 Å². The van der Waals surface area contributed by atoms with Crippen LogP contribution in [0.5, 0.6) is 0 Å². The first kappa shape index (κ1) is 24.9. The average Bonchev–Trinajstić information content (AvgIpc) is 3.26. The number of aromatic nitrogens is 2. The number of amides is 3. The summed E-state index contributed by atoms with van der Waals surface area (Å²) in [6.45, 7) is 0. The van der Waals surface area contributed by atoms with Crippen LogP contribution in [0.2, 0.25) is 5.02 Å². The number of rotatable bonds is 6. The molecular weight excluding hydrogens is 504 g/mol. The predicted octanol–water partition coefficient (Wildman–Crippen LogP) is 4.08. The maximum absolute atomic E-state index is 13.3. The highest BCUT2D eigenvalue weighted by molar-refractivity contribution is 6.30. The van der Waals surface area contributed by atoms with Gasteiger partial charge in [-0.1, -0.05) is 54.1 Å². The van der Waals surface area contributed by atoms with E-state index >= 15 is 0 Å². The van der Waals surface area contributed by atoms with Gasteiger partial charge in [-0.15, -0.1) is 0 Å². The van der Waals surface area contributed by atoms with Gasteiger partial charge in [0.15, 0.2) is 5.69 Å². The number of halogens is 1. The average molecular weight is 521 g/mol. The number of hydrogen-bond donors (Lipinski definition) is 4. The van der Waals surface area contributed by atoms with Crippen LogP contribution in [0.4, 0.5) is 10.5 Å². The molecular formula is C24H17ClN6O6. The SMILES string of the molecule is O=C(O)Nn1nc(-c2ccccc2)c(-c2cccc([N+](=O)[O-])c2)c1C(=O)NNC(=O)c1ccc(Cl)cc1. The zero-order valence-corrected chi connectivity index (χ0v) is 19.5. The minimum atomic E-state index is -1.52. The fourth-order valence-electron chi connectivity index (χ4n) is 3.49. The molecule has 0 bridgehead atoms. The Morgan fingerprint density at radius 2 is 1.54 bits per heavy atom. The molecule has 0 saturated carbocycles. The Morgan fingerprint density at radius 3 is 2.19 bits per heavy atom. The van der Waals surface area contributed by atoms with E-state index in [1.54, 1.807) is 30.3 Å². The van der Waals surface area contributed by atoms with E-state index in [-0.39, 0.29) is 33.8 Å². The molecule has 37 heavy (non-hydrogen) atoms. The van der Waals surface area contributed by atoms with Gasteiger partial charge in [0, 0.05) is 33.8 Å². The number of benzene rings is 3. The summed E-state index contributed by atoms with van der Waals surface area (Å²) >= 11 is 5.83. The fraction of sp³-hybridized carbons (Fsp3) is 0. The number of nitro groups is 1. The predicted molar refractivity (Wildman–Crippen MR) is 134 cm³/mol. The first-order chi connectivity index (χ1) is 17.7. The van der Waals surface area contributed by atoms with Crippen LogP contribution in [0, 0.1) is 10.1 Å². The molecule has 12 nitrogen and oxygen atoms in total. The first-order valence-corrected chi connectivity index (χ1v) is 10.9. The van der Waals surface area contributed by atoms with Crippen LogP contribution < -0.4 is 16.3 Å². The second kappa shape index (κ2) is 10.6. The van der Waals surface area contributed by atoms with Gasteiger partial charge in [-0.05, 0) is 29.8 Å². The van der Waals surface area contributed by atoms with Crippen molar-refractivity contribution in [3.05, 3.63) is 105 Å². The van der Waals surface area contributed by atoms with E-state index in [1.165, 1.54) is 48.5 Å². The number of carbonyl (C=O) groups excluding carboxylic acids is 2. The van der Waals surface area contributed by atoms with Crippen LogP contribution in [0.25, 0.3) is 22.4 Å². The number of nitrogens with one attached hydrogen (secondary N) is 3. The monoisotopic (exact) mass is 520 g/mol. The van der Waals surface area contributed by atoms with Crippen LogP contribution in [0.15, 0.2) is 78.9 Å². The fourth-order valence-corrected chi connectivity index (χ4v) is 3.62. The first-order valence-electron chi connectivity index (χ1n) is 10.5. The van der Waals surface area contributed by atoms with Gasteiger partial charge >= 0.3 is 6.09 Å². The highest BCUT2D eigenvalue weighted by Gasteiger charge is 2.28. The number of carboxylic acid groups (broad SMARTS) is 1. The second-order valence-electron chi connectivity index (χ2n) is 7.49. The van der Waals surface area contributed by atoms with Gasteiger partial charge in [0.05, 0.1) is 4.92 Å². The molecule has 1 aromatic heterocycles. The van der Waals surface area contributed by atoms with Crippen molar-refractivity contribution in [1.29, 1.82) is 0 Å². The number of nitro benzene ring substituents is 1. The van der Waals surface area contributed by atoms with Crippen molar-refractivity contribution in [1.82, 2.24) is 20.7 Å². The summed E-state index contributed by atoms with van der Waals surface area (Å²) < 4.78 is 0. The van der Waals surface area contributed by atoms with Gasteiger partial charge in [-0.25, -0.2) is 10.2 Å². The van der Waals surface area contributed by atoms with Crippen LogP contribution in [-0.4, -0.2) is 37.8 Å².